The van der Waals surface area contributed by atoms with Crippen molar-refractivity contribution < 1.29 is 0 Å². The Kier molecular flexibility index (Phi) is 11.5. The minimum atomic E-state index is 0.480. The first-order chi connectivity index (χ1) is 10.2. The molecule has 1 nitrogen and oxygen atoms in total. The summed E-state index contributed by atoms with van der Waals surface area (Å²) in [5.41, 5.74) is 0. The highest BCUT2D eigenvalue weighted by Gasteiger charge is 2.00. The van der Waals surface area contributed by atoms with Crippen molar-refractivity contribution in [1.29, 1.82) is 0 Å². The normalized spacial score (nSPS) is 11.0. The Bertz CT molecular complexity index is 365. The first-order valence-corrected chi connectivity index (χ1v) is 9.92. The number of hydrogen-bond donors (Lipinski definition) is 0. The zero-order valence-corrected chi connectivity index (χ0v) is 15.4. The van der Waals surface area contributed by atoms with E-state index in [2.05, 4.69) is 11.9 Å². The van der Waals surface area contributed by atoms with Crippen molar-refractivity contribution in [3.8, 4) is 0 Å². The Labute approximate surface area is 144 Å². The lowest BCUT2D eigenvalue weighted by Gasteiger charge is -2.04. The molecule has 21 heavy (non-hydrogen) atoms. The number of hydrogen-bond acceptors (Lipinski definition) is 2. The van der Waals surface area contributed by atoms with E-state index in [-0.39, 0.29) is 0 Å². The molecule has 0 saturated carbocycles. The van der Waals surface area contributed by atoms with E-state index >= 15 is 0 Å². The molecule has 120 valence electrons. The fourth-order valence-electron chi connectivity index (χ4n) is 2.31. The lowest BCUT2D eigenvalue weighted by molar-refractivity contribution is 0.563. The molecule has 1 heterocycles. The molecule has 0 bridgehead atoms. The van der Waals surface area contributed by atoms with Crippen LogP contribution in [0, 0.1) is 0 Å². The third-order valence-electron chi connectivity index (χ3n) is 3.50. The van der Waals surface area contributed by atoms with Crippen LogP contribution in [0.25, 0.3) is 0 Å². The standard InChI is InChI=1S/C17H27Cl2NS/c1-2-3-4-5-6-7-8-9-10-11-12-21-15-13-16(18)20-17(19)14-15/h13-14H,2-12H2,1H3. The Balaban J connectivity index is 1.93. The highest BCUT2D eigenvalue weighted by atomic mass is 35.5. The van der Waals surface area contributed by atoms with E-state index < -0.39 is 0 Å². The van der Waals surface area contributed by atoms with E-state index in [1.807, 2.05) is 23.9 Å². The average molecular weight is 348 g/mol. The minimum Gasteiger partial charge on any atom is -0.224 e. The summed E-state index contributed by atoms with van der Waals surface area (Å²) in [6.45, 7) is 2.27. The number of unbranched alkanes of at least 4 members (excludes halogenated alkanes) is 9. The highest BCUT2D eigenvalue weighted by Crippen LogP contribution is 2.25. The fourth-order valence-corrected chi connectivity index (χ4v) is 3.87. The van der Waals surface area contributed by atoms with E-state index in [0.717, 1.165) is 10.6 Å². The van der Waals surface area contributed by atoms with Crippen molar-refractivity contribution in [1.82, 2.24) is 4.98 Å². The molecule has 0 fully saturated rings. The molecule has 4 heteroatoms. The molecule has 1 rings (SSSR count). The maximum Gasteiger partial charge on any atom is 0.131 e. The summed E-state index contributed by atoms with van der Waals surface area (Å²) in [7, 11) is 0. The predicted molar refractivity (Wildman–Crippen MR) is 96.8 cm³/mol. The van der Waals surface area contributed by atoms with Gasteiger partial charge in [-0.15, -0.1) is 11.8 Å². The summed E-state index contributed by atoms with van der Waals surface area (Å²) in [6, 6.07) is 3.77. The molecule has 0 aliphatic heterocycles. The Morgan fingerprint density at radius 2 is 1.29 bits per heavy atom. The van der Waals surface area contributed by atoms with Gasteiger partial charge in [0.2, 0.25) is 0 Å². The number of nitrogens with zero attached hydrogens (tertiary/aromatic N) is 1. The molecule has 0 radical (unpaired) electrons. The largest absolute Gasteiger partial charge is 0.224 e. The molecule has 0 aliphatic carbocycles. The predicted octanol–water partition coefficient (Wildman–Crippen LogP) is 7.40. The molecule has 0 aliphatic rings. The van der Waals surface area contributed by atoms with Crippen LogP contribution in [-0.4, -0.2) is 10.7 Å². The lowest BCUT2D eigenvalue weighted by atomic mass is 10.1. The van der Waals surface area contributed by atoms with E-state index in [1.165, 1.54) is 64.2 Å². The third kappa shape index (κ3) is 10.4. The minimum absolute atomic E-state index is 0.480. The van der Waals surface area contributed by atoms with Crippen molar-refractivity contribution in [2.45, 2.75) is 76.0 Å². The fraction of sp³-hybridized carbons (Fsp3) is 0.706. The van der Waals surface area contributed by atoms with Crippen molar-refractivity contribution in [3.05, 3.63) is 22.4 Å². The quantitative estimate of drug-likeness (QED) is 0.222. The van der Waals surface area contributed by atoms with Crippen LogP contribution in [-0.2, 0) is 0 Å². The Morgan fingerprint density at radius 3 is 1.81 bits per heavy atom. The van der Waals surface area contributed by atoms with Crippen molar-refractivity contribution in [2.75, 3.05) is 5.75 Å². The van der Waals surface area contributed by atoms with Crippen LogP contribution in [0.2, 0.25) is 10.3 Å². The van der Waals surface area contributed by atoms with Crippen molar-refractivity contribution >= 4 is 35.0 Å². The van der Waals surface area contributed by atoms with Gasteiger partial charge in [0, 0.05) is 4.90 Å². The Hall–Kier alpha value is 0.0800. The first-order valence-electron chi connectivity index (χ1n) is 8.18. The number of pyridine rings is 1. The molecule has 1 aromatic rings. The summed E-state index contributed by atoms with van der Waals surface area (Å²) in [4.78, 5) is 5.08. The van der Waals surface area contributed by atoms with Gasteiger partial charge in [-0.25, -0.2) is 4.98 Å². The van der Waals surface area contributed by atoms with Gasteiger partial charge in [0.1, 0.15) is 10.3 Å². The van der Waals surface area contributed by atoms with Gasteiger partial charge < -0.3 is 0 Å². The van der Waals surface area contributed by atoms with Crippen LogP contribution in [0.1, 0.15) is 71.1 Å². The zero-order chi connectivity index (χ0) is 15.3. The highest BCUT2D eigenvalue weighted by molar-refractivity contribution is 7.99. The molecular weight excluding hydrogens is 321 g/mol. The van der Waals surface area contributed by atoms with Crippen LogP contribution in [0.4, 0.5) is 0 Å². The number of halogens is 2. The molecule has 0 atom stereocenters. The second-order valence-corrected chi connectivity index (χ2v) is 7.42. The number of rotatable bonds is 12. The van der Waals surface area contributed by atoms with E-state index in [9.17, 15) is 0 Å². The van der Waals surface area contributed by atoms with Gasteiger partial charge in [0.25, 0.3) is 0 Å². The van der Waals surface area contributed by atoms with E-state index in [0.29, 0.717) is 10.3 Å². The van der Waals surface area contributed by atoms with Gasteiger partial charge in [-0.2, -0.15) is 0 Å². The number of aromatic nitrogens is 1. The summed E-state index contributed by atoms with van der Waals surface area (Å²) in [6.07, 6.45) is 13.8. The summed E-state index contributed by atoms with van der Waals surface area (Å²) in [5, 5.41) is 0.959. The van der Waals surface area contributed by atoms with Crippen LogP contribution in [0.3, 0.4) is 0 Å². The molecule has 0 saturated heterocycles. The average Bonchev–Trinajstić information content (AvgIpc) is 2.44. The van der Waals surface area contributed by atoms with Crippen molar-refractivity contribution in [2.24, 2.45) is 0 Å². The van der Waals surface area contributed by atoms with Gasteiger partial charge in [-0.3, -0.25) is 0 Å². The third-order valence-corrected chi connectivity index (χ3v) is 4.95. The molecule has 1 aromatic heterocycles. The summed E-state index contributed by atoms with van der Waals surface area (Å²) in [5.74, 6) is 1.13. The van der Waals surface area contributed by atoms with Gasteiger partial charge in [0.15, 0.2) is 0 Å². The van der Waals surface area contributed by atoms with Gasteiger partial charge in [0.05, 0.1) is 0 Å². The summed E-state index contributed by atoms with van der Waals surface area (Å²) < 4.78 is 0. The lowest BCUT2D eigenvalue weighted by Crippen LogP contribution is -1.85. The molecule has 0 unspecified atom stereocenters. The van der Waals surface area contributed by atoms with Crippen LogP contribution in [0.5, 0.6) is 0 Å². The topological polar surface area (TPSA) is 12.9 Å². The Morgan fingerprint density at radius 1 is 0.810 bits per heavy atom. The van der Waals surface area contributed by atoms with Gasteiger partial charge in [-0.05, 0) is 24.3 Å². The first kappa shape index (κ1) is 19.1. The van der Waals surface area contributed by atoms with E-state index in [4.69, 9.17) is 23.2 Å². The molecule has 0 spiro atoms. The smallest absolute Gasteiger partial charge is 0.131 e. The summed E-state index contributed by atoms with van der Waals surface area (Å²) >= 11 is 13.6. The van der Waals surface area contributed by atoms with Crippen LogP contribution in [0.15, 0.2) is 17.0 Å². The van der Waals surface area contributed by atoms with Crippen LogP contribution >= 0.6 is 35.0 Å². The monoisotopic (exact) mass is 347 g/mol. The second kappa shape index (κ2) is 12.6. The van der Waals surface area contributed by atoms with Gasteiger partial charge in [-0.1, -0.05) is 87.9 Å². The van der Waals surface area contributed by atoms with Gasteiger partial charge >= 0.3 is 0 Å². The van der Waals surface area contributed by atoms with Crippen LogP contribution < -0.4 is 0 Å². The van der Waals surface area contributed by atoms with Crippen molar-refractivity contribution in [3.63, 3.8) is 0 Å². The molecule has 0 amide bonds. The van der Waals surface area contributed by atoms with E-state index in [1.54, 1.807) is 0 Å². The maximum absolute atomic E-state index is 5.88. The maximum atomic E-state index is 5.88. The molecular formula is C17H27Cl2NS. The molecule has 0 aromatic carbocycles. The SMILES string of the molecule is CCCCCCCCCCCCSc1cc(Cl)nc(Cl)c1. The number of thioether (sulfide) groups is 1. The second-order valence-electron chi connectivity index (χ2n) is 5.48. The molecule has 0 N–H and O–H groups in total. The zero-order valence-electron chi connectivity index (χ0n) is 13.0.